The minimum Gasteiger partial charge on any atom is -0.313 e. The highest BCUT2D eigenvalue weighted by atomic mass is 15.1. The second-order valence-corrected chi connectivity index (χ2v) is 5.60. The summed E-state index contributed by atoms with van der Waals surface area (Å²) in [6.07, 6.45) is 1.97. The molecular weight excluding hydrogens is 258 g/mol. The van der Waals surface area contributed by atoms with Gasteiger partial charge < -0.3 is 5.32 Å². The number of aromatic nitrogens is 1. The number of aryl methyl sites for hydroxylation is 1. The van der Waals surface area contributed by atoms with Crippen molar-refractivity contribution in [3.8, 4) is 0 Å². The minimum absolute atomic E-state index is 0.870. The molecule has 0 atom stereocenters. The van der Waals surface area contributed by atoms with E-state index in [4.69, 9.17) is 0 Å². The first kappa shape index (κ1) is 15.7. The molecule has 0 aliphatic heterocycles. The fraction of sp³-hybridized carbons (Fsp3) is 0.389. The maximum atomic E-state index is 4.55. The van der Waals surface area contributed by atoms with Gasteiger partial charge in [-0.3, -0.25) is 9.88 Å². The van der Waals surface area contributed by atoms with Gasteiger partial charge in [0.2, 0.25) is 0 Å². The molecule has 2 rings (SSSR count). The quantitative estimate of drug-likeness (QED) is 0.846. The molecule has 112 valence electrons. The molecule has 1 heterocycles. The van der Waals surface area contributed by atoms with Gasteiger partial charge in [-0.2, -0.15) is 0 Å². The Morgan fingerprint density at radius 3 is 2.62 bits per heavy atom. The normalized spacial score (nSPS) is 11.0. The van der Waals surface area contributed by atoms with Crippen LogP contribution in [0.2, 0.25) is 0 Å². The molecule has 0 aliphatic carbocycles. The van der Waals surface area contributed by atoms with Gasteiger partial charge in [-0.25, -0.2) is 0 Å². The minimum atomic E-state index is 0.870. The second kappa shape index (κ2) is 7.91. The number of nitrogens with zero attached hydrogens (tertiary/aromatic N) is 2. The molecule has 0 saturated heterocycles. The van der Waals surface area contributed by atoms with Crippen molar-refractivity contribution in [2.45, 2.75) is 33.5 Å². The Bertz CT molecular complexity index is 549. The molecule has 1 N–H and O–H groups in total. The van der Waals surface area contributed by atoms with Crippen molar-refractivity contribution in [2.75, 3.05) is 13.6 Å². The smallest absolute Gasteiger partial charge is 0.0544 e. The van der Waals surface area contributed by atoms with Crippen LogP contribution in [-0.2, 0) is 19.6 Å². The predicted octanol–water partition coefficient (Wildman–Crippen LogP) is 3.13. The van der Waals surface area contributed by atoms with Crippen LogP contribution in [-0.4, -0.2) is 23.5 Å². The average molecular weight is 283 g/mol. The van der Waals surface area contributed by atoms with E-state index in [9.17, 15) is 0 Å². The highest BCUT2D eigenvalue weighted by Gasteiger charge is 2.03. The van der Waals surface area contributed by atoms with Crippen LogP contribution in [0.5, 0.6) is 0 Å². The van der Waals surface area contributed by atoms with Crippen LogP contribution in [0, 0.1) is 6.92 Å². The number of benzene rings is 1. The maximum Gasteiger partial charge on any atom is 0.0544 e. The van der Waals surface area contributed by atoms with E-state index in [1.165, 1.54) is 16.7 Å². The summed E-state index contributed by atoms with van der Waals surface area (Å²) in [5.74, 6) is 0. The van der Waals surface area contributed by atoms with Crippen LogP contribution in [0.25, 0.3) is 0 Å². The van der Waals surface area contributed by atoms with Crippen LogP contribution in [0.4, 0.5) is 0 Å². The van der Waals surface area contributed by atoms with Crippen molar-refractivity contribution < 1.29 is 0 Å². The van der Waals surface area contributed by atoms with E-state index >= 15 is 0 Å². The molecule has 3 nitrogen and oxygen atoms in total. The van der Waals surface area contributed by atoms with Gasteiger partial charge in [-0.1, -0.05) is 42.8 Å². The predicted molar refractivity (Wildman–Crippen MR) is 88.0 cm³/mol. The van der Waals surface area contributed by atoms with Crippen molar-refractivity contribution in [1.82, 2.24) is 15.2 Å². The lowest BCUT2D eigenvalue weighted by Crippen LogP contribution is -2.18. The van der Waals surface area contributed by atoms with Gasteiger partial charge in [0.05, 0.1) is 5.69 Å². The lowest BCUT2D eigenvalue weighted by molar-refractivity contribution is 0.315. The number of pyridine rings is 1. The topological polar surface area (TPSA) is 28.2 Å². The Morgan fingerprint density at radius 2 is 1.95 bits per heavy atom. The summed E-state index contributed by atoms with van der Waals surface area (Å²) < 4.78 is 0. The zero-order valence-corrected chi connectivity index (χ0v) is 13.3. The molecule has 1 aromatic heterocycles. The molecule has 0 spiro atoms. The number of hydrogen-bond donors (Lipinski definition) is 1. The Kier molecular flexibility index (Phi) is 5.90. The molecule has 0 unspecified atom stereocenters. The first-order valence-electron chi connectivity index (χ1n) is 7.56. The van der Waals surface area contributed by atoms with E-state index in [1.807, 2.05) is 6.20 Å². The SMILES string of the molecule is CCNCc1ccc(CN(C)Cc2cccc(C)c2)nc1. The van der Waals surface area contributed by atoms with Gasteiger partial charge in [0.25, 0.3) is 0 Å². The lowest BCUT2D eigenvalue weighted by Gasteiger charge is -2.16. The van der Waals surface area contributed by atoms with Crippen LogP contribution >= 0.6 is 0 Å². The molecule has 2 aromatic rings. The monoisotopic (exact) mass is 283 g/mol. The van der Waals surface area contributed by atoms with Crippen molar-refractivity contribution in [3.05, 3.63) is 65.0 Å². The number of nitrogens with one attached hydrogen (secondary N) is 1. The highest BCUT2D eigenvalue weighted by Crippen LogP contribution is 2.09. The number of rotatable bonds is 7. The lowest BCUT2D eigenvalue weighted by atomic mass is 10.1. The van der Waals surface area contributed by atoms with Crippen molar-refractivity contribution >= 4 is 0 Å². The van der Waals surface area contributed by atoms with Crippen LogP contribution in [0.15, 0.2) is 42.6 Å². The van der Waals surface area contributed by atoms with Gasteiger partial charge >= 0.3 is 0 Å². The van der Waals surface area contributed by atoms with E-state index in [-0.39, 0.29) is 0 Å². The van der Waals surface area contributed by atoms with E-state index < -0.39 is 0 Å². The molecule has 0 aliphatic rings. The van der Waals surface area contributed by atoms with Crippen molar-refractivity contribution in [2.24, 2.45) is 0 Å². The van der Waals surface area contributed by atoms with E-state index in [0.717, 1.165) is 31.9 Å². The average Bonchev–Trinajstić information content (AvgIpc) is 2.46. The molecule has 0 radical (unpaired) electrons. The standard InChI is InChI=1S/C18H25N3/c1-4-19-11-17-8-9-18(20-12-17)14-21(3)13-16-7-5-6-15(2)10-16/h5-10,12,19H,4,11,13-14H2,1-3H3. The summed E-state index contributed by atoms with van der Waals surface area (Å²) in [4.78, 5) is 6.84. The van der Waals surface area contributed by atoms with Gasteiger partial charge in [-0.15, -0.1) is 0 Å². The van der Waals surface area contributed by atoms with Crippen LogP contribution < -0.4 is 5.32 Å². The zero-order chi connectivity index (χ0) is 15.1. The van der Waals surface area contributed by atoms with E-state index in [1.54, 1.807) is 0 Å². The summed E-state index contributed by atoms with van der Waals surface area (Å²) in [6.45, 7) is 7.94. The van der Waals surface area contributed by atoms with E-state index in [2.05, 4.69) is 72.5 Å². The molecule has 0 amide bonds. The molecule has 1 aromatic carbocycles. The fourth-order valence-corrected chi connectivity index (χ4v) is 2.38. The first-order valence-corrected chi connectivity index (χ1v) is 7.56. The zero-order valence-electron chi connectivity index (χ0n) is 13.3. The summed E-state index contributed by atoms with van der Waals surface area (Å²) in [5, 5.41) is 3.31. The second-order valence-electron chi connectivity index (χ2n) is 5.60. The first-order chi connectivity index (χ1) is 10.2. The maximum absolute atomic E-state index is 4.55. The van der Waals surface area contributed by atoms with Gasteiger partial charge in [-0.05, 0) is 37.7 Å². The Balaban J connectivity index is 1.88. The fourth-order valence-electron chi connectivity index (χ4n) is 2.38. The summed E-state index contributed by atoms with van der Waals surface area (Å²) in [7, 11) is 2.14. The van der Waals surface area contributed by atoms with Crippen molar-refractivity contribution in [3.63, 3.8) is 0 Å². The third-order valence-corrected chi connectivity index (χ3v) is 3.43. The largest absolute Gasteiger partial charge is 0.313 e. The van der Waals surface area contributed by atoms with Gasteiger partial charge in [0, 0.05) is 25.8 Å². The van der Waals surface area contributed by atoms with Gasteiger partial charge in [0.1, 0.15) is 0 Å². The third kappa shape index (κ3) is 5.29. The Hall–Kier alpha value is -1.71. The van der Waals surface area contributed by atoms with Crippen molar-refractivity contribution in [1.29, 1.82) is 0 Å². The summed E-state index contributed by atoms with van der Waals surface area (Å²) in [5.41, 5.74) is 5.01. The molecule has 0 saturated carbocycles. The molecule has 0 bridgehead atoms. The Morgan fingerprint density at radius 1 is 1.10 bits per heavy atom. The molecule has 21 heavy (non-hydrogen) atoms. The van der Waals surface area contributed by atoms with Crippen LogP contribution in [0.3, 0.4) is 0 Å². The third-order valence-electron chi connectivity index (χ3n) is 3.43. The Labute approximate surface area is 128 Å². The summed E-state index contributed by atoms with van der Waals surface area (Å²) >= 11 is 0. The van der Waals surface area contributed by atoms with Gasteiger partial charge in [0.15, 0.2) is 0 Å². The summed E-state index contributed by atoms with van der Waals surface area (Å²) in [6, 6.07) is 12.9. The molecule has 3 heteroatoms. The number of hydrogen-bond acceptors (Lipinski definition) is 3. The highest BCUT2D eigenvalue weighted by molar-refractivity contribution is 5.22. The molecular formula is C18H25N3. The molecule has 0 fully saturated rings. The van der Waals surface area contributed by atoms with Crippen LogP contribution in [0.1, 0.15) is 29.3 Å². The van der Waals surface area contributed by atoms with E-state index in [0.29, 0.717) is 0 Å².